The zero-order valence-corrected chi connectivity index (χ0v) is 19.9. The summed E-state index contributed by atoms with van der Waals surface area (Å²) >= 11 is 6.40. The van der Waals surface area contributed by atoms with Crippen LogP contribution in [0, 0.1) is 6.92 Å². The molecule has 1 atom stereocenters. The van der Waals surface area contributed by atoms with Gasteiger partial charge in [-0.05, 0) is 48.9 Å². The van der Waals surface area contributed by atoms with Gasteiger partial charge in [-0.15, -0.1) is 0 Å². The van der Waals surface area contributed by atoms with Gasteiger partial charge in [0.25, 0.3) is 5.56 Å². The van der Waals surface area contributed by atoms with E-state index in [2.05, 4.69) is 10.6 Å². The monoisotopic (exact) mass is 495 g/mol. The number of nitrogens with zero attached hydrogens (tertiary/aromatic N) is 1. The van der Waals surface area contributed by atoms with Crippen molar-refractivity contribution in [2.45, 2.75) is 45.2 Å². The standard InChI is InChI=1S/C26H26ClN3O5/c1-15-7-5-11-19(27)18(15)14-30-21-12-6-10-17(21)24(33)23(25(30)34)29-26(35)28-20(13-22(31)32)16-8-3-2-4-9-16/h2-5,7-9,11,20,33H,6,10,12-14H2,1H3,(H,31,32)(H2,28,29,35)/t20-/m0/s1. The first-order chi connectivity index (χ1) is 16.8. The van der Waals surface area contributed by atoms with Crippen molar-refractivity contribution in [2.24, 2.45) is 0 Å². The predicted octanol–water partition coefficient (Wildman–Crippen LogP) is 4.39. The van der Waals surface area contributed by atoms with Gasteiger partial charge >= 0.3 is 12.0 Å². The fraction of sp³-hybridized carbons (Fsp3) is 0.269. The normalized spacial score (nSPS) is 13.2. The van der Waals surface area contributed by atoms with E-state index >= 15 is 0 Å². The third-order valence-electron chi connectivity index (χ3n) is 6.29. The Morgan fingerprint density at radius 2 is 1.86 bits per heavy atom. The molecule has 35 heavy (non-hydrogen) atoms. The molecule has 4 rings (SSSR count). The number of aryl methyl sites for hydroxylation is 1. The number of amides is 2. The maximum Gasteiger partial charge on any atom is 0.319 e. The van der Waals surface area contributed by atoms with E-state index in [9.17, 15) is 24.6 Å². The first-order valence-electron chi connectivity index (χ1n) is 11.3. The molecule has 2 amide bonds. The molecular weight excluding hydrogens is 470 g/mol. The Hall–Kier alpha value is -3.78. The second-order valence-electron chi connectivity index (χ2n) is 8.59. The number of aromatic hydroxyl groups is 1. The highest BCUT2D eigenvalue weighted by Gasteiger charge is 2.27. The van der Waals surface area contributed by atoms with Gasteiger partial charge in [0.05, 0.1) is 19.0 Å². The second-order valence-corrected chi connectivity index (χ2v) is 9.00. The van der Waals surface area contributed by atoms with E-state index < -0.39 is 23.6 Å². The molecular formula is C26H26ClN3O5. The molecule has 1 aliphatic carbocycles. The molecule has 0 saturated heterocycles. The van der Waals surface area contributed by atoms with Gasteiger partial charge < -0.3 is 25.4 Å². The number of rotatable bonds is 7. The highest BCUT2D eigenvalue weighted by Crippen LogP contribution is 2.34. The van der Waals surface area contributed by atoms with Crippen molar-refractivity contribution in [2.75, 3.05) is 5.32 Å². The van der Waals surface area contributed by atoms with E-state index in [4.69, 9.17) is 11.6 Å². The van der Waals surface area contributed by atoms with Crippen LogP contribution in [-0.4, -0.2) is 26.8 Å². The number of urea groups is 1. The summed E-state index contributed by atoms with van der Waals surface area (Å²) in [7, 11) is 0. The third kappa shape index (κ3) is 5.17. The number of fused-ring (bicyclic) bond motifs is 1. The topological polar surface area (TPSA) is 121 Å². The molecule has 182 valence electrons. The van der Waals surface area contributed by atoms with Gasteiger partial charge in [-0.25, -0.2) is 4.79 Å². The van der Waals surface area contributed by atoms with Gasteiger partial charge in [-0.1, -0.05) is 54.1 Å². The minimum absolute atomic E-state index is 0.203. The molecule has 8 nitrogen and oxygen atoms in total. The van der Waals surface area contributed by atoms with Crippen LogP contribution in [0.2, 0.25) is 5.02 Å². The van der Waals surface area contributed by atoms with Crippen LogP contribution in [0.15, 0.2) is 53.3 Å². The molecule has 1 aliphatic rings. The number of pyridine rings is 1. The molecule has 4 N–H and O–H groups in total. The molecule has 0 aliphatic heterocycles. The zero-order valence-electron chi connectivity index (χ0n) is 19.2. The summed E-state index contributed by atoms with van der Waals surface area (Å²) < 4.78 is 1.55. The second kappa shape index (κ2) is 10.2. The van der Waals surface area contributed by atoms with E-state index in [0.29, 0.717) is 29.0 Å². The lowest BCUT2D eigenvalue weighted by Crippen LogP contribution is -2.37. The average Bonchev–Trinajstić information content (AvgIpc) is 3.31. The predicted molar refractivity (Wildman–Crippen MR) is 133 cm³/mol. The van der Waals surface area contributed by atoms with E-state index in [0.717, 1.165) is 23.2 Å². The lowest BCUT2D eigenvalue weighted by Gasteiger charge is -2.20. The number of benzene rings is 2. The van der Waals surface area contributed by atoms with Crippen molar-refractivity contribution in [3.8, 4) is 5.75 Å². The van der Waals surface area contributed by atoms with Crippen LogP contribution in [0.1, 0.15) is 46.8 Å². The maximum atomic E-state index is 13.5. The van der Waals surface area contributed by atoms with E-state index in [1.54, 1.807) is 41.0 Å². The Labute approximate surface area is 207 Å². The van der Waals surface area contributed by atoms with E-state index in [1.165, 1.54) is 0 Å². The van der Waals surface area contributed by atoms with Crippen molar-refractivity contribution in [3.05, 3.63) is 91.9 Å². The molecule has 2 aromatic carbocycles. The van der Waals surface area contributed by atoms with Crippen LogP contribution in [0.4, 0.5) is 10.5 Å². The Balaban J connectivity index is 1.67. The molecule has 1 heterocycles. The molecule has 0 saturated carbocycles. The van der Waals surface area contributed by atoms with Crippen molar-refractivity contribution in [1.29, 1.82) is 0 Å². The largest absolute Gasteiger partial charge is 0.505 e. The molecule has 3 aromatic rings. The van der Waals surface area contributed by atoms with Gasteiger partial charge in [0.2, 0.25) is 0 Å². The minimum Gasteiger partial charge on any atom is -0.505 e. The fourth-order valence-electron chi connectivity index (χ4n) is 4.52. The number of carbonyl (C=O) groups excluding carboxylic acids is 1. The number of aromatic nitrogens is 1. The molecule has 0 spiro atoms. The third-order valence-corrected chi connectivity index (χ3v) is 6.64. The highest BCUT2D eigenvalue weighted by atomic mass is 35.5. The molecule has 9 heteroatoms. The van der Waals surface area contributed by atoms with Gasteiger partial charge in [0.1, 0.15) is 5.75 Å². The number of carboxylic acids is 1. The summed E-state index contributed by atoms with van der Waals surface area (Å²) in [6.45, 7) is 2.11. The number of aliphatic carboxylic acids is 1. The fourth-order valence-corrected chi connectivity index (χ4v) is 4.80. The van der Waals surface area contributed by atoms with E-state index in [-0.39, 0.29) is 24.4 Å². The van der Waals surface area contributed by atoms with Crippen molar-refractivity contribution in [1.82, 2.24) is 9.88 Å². The zero-order chi connectivity index (χ0) is 25.1. The first-order valence-corrected chi connectivity index (χ1v) is 11.7. The van der Waals surface area contributed by atoms with Crippen LogP contribution < -0.4 is 16.2 Å². The SMILES string of the molecule is Cc1cccc(Cl)c1Cn1c2c(c(O)c(NC(=O)N[C@@H](CC(=O)O)c3ccccc3)c1=O)CCC2. The van der Waals surface area contributed by atoms with Gasteiger partial charge in [0.15, 0.2) is 5.69 Å². The Bertz CT molecular complexity index is 1320. The lowest BCUT2D eigenvalue weighted by molar-refractivity contribution is -0.137. The van der Waals surface area contributed by atoms with Crippen LogP contribution in [0.5, 0.6) is 5.75 Å². The Morgan fingerprint density at radius 3 is 2.54 bits per heavy atom. The smallest absolute Gasteiger partial charge is 0.319 e. The van der Waals surface area contributed by atoms with Crippen LogP contribution >= 0.6 is 11.6 Å². The number of hydrogen-bond acceptors (Lipinski definition) is 4. The number of carbonyl (C=O) groups is 2. The van der Waals surface area contributed by atoms with Crippen LogP contribution in [0.3, 0.4) is 0 Å². The Morgan fingerprint density at radius 1 is 1.11 bits per heavy atom. The quantitative estimate of drug-likeness (QED) is 0.387. The number of carboxylic acid groups (broad SMARTS) is 1. The first kappa shape index (κ1) is 24.3. The molecule has 0 bridgehead atoms. The number of anilines is 1. The maximum absolute atomic E-state index is 13.5. The van der Waals surface area contributed by atoms with Crippen LogP contribution in [0.25, 0.3) is 0 Å². The molecule has 0 fully saturated rings. The summed E-state index contributed by atoms with van der Waals surface area (Å²) in [6.07, 6.45) is 1.63. The van der Waals surface area contributed by atoms with E-state index in [1.807, 2.05) is 19.1 Å². The molecule has 0 unspecified atom stereocenters. The number of hydrogen-bond donors (Lipinski definition) is 4. The Kier molecular flexibility index (Phi) is 7.12. The molecule has 1 aromatic heterocycles. The van der Waals surface area contributed by atoms with Crippen LogP contribution in [-0.2, 0) is 24.2 Å². The summed E-state index contributed by atoms with van der Waals surface area (Å²) in [4.78, 5) is 37.7. The summed E-state index contributed by atoms with van der Waals surface area (Å²) in [5.74, 6) is -1.34. The highest BCUT2D eigenvalue weighted by molar-refractivity contribution is 6.31. The van der Waals surface area contributed by atoms with Gasteiger partial charge in [0, 0.05) is 16.3 Å². The lowest BCUT2D eigenvalue weighted by atomic mass is 10.0. The van der Waals surface area contributed by atoms with Gasteiger partial charge in [-0.3, -0.25) is 9.59 Å². The summed E-state index contributed by atoms with van der Waals surface area (Å²) in [6, 6.07) is 12.6. The number of halogens is 1. The summed E-state index contributed by atoms with van der Waals surface area (Å²) in [5, 5.41) is 25.8. The van der Waals surface area contributed by atoms with Crippen molar-refractivity contribution < 1.29 is 19.8 Å². The number of nitrogens with one attached hydrogen (secondary N) is 2. The minimum atomic E-state index is -1.09. The molecule has 0 radical (unpaired) electrons. The van der Waals surface area contributed by atoms with Crippen molar-refractivity contribution >= 4 is 29.3 Å². The van der Waals surface area contributed by atoms with Crippen molar-refractivity contribution in [3.63, 3.8) is 0 Å². The summed E-state index contributed by atoms with van der Waals surface area (Å²) in [5.41, 5.74) is 2.88. The average molecular weight is 496 g/mol. The van der Waals surface area contributed by atoms with Gasteiger partial charge in [-0.2, -0.15) is 0 Å².